The van der Waals surface area contributed by atoms with Crippen LogP contribution in [0.2, 0.25) is 0 Å². The predicted octanol–water partition coefficient (Wildman–Crippen LogP) is 7.29. The molecule has 0 spiro atoms. The lowest BCUT2D eigenvalue weighted by atomic mass is 9.85. The van der Waals surface area contributed by atoms with Crippen LogP contribution in [0.4, 0.5) is 10.1 Å². The highest BCUT2D eigenvalue weighted by atomic mass is 79.9. The maximum absolute atomic E-state index is 13.8. The number of rotatable bonds is 5. The summed E-state index contributed by atoms with van der Waals surface area (Å²) in [6.07, 6.45) is 2.16. The van der Waals surface area contributed by atoms with Crippen molar-refractivity contribution in [1.82, 2.24) is 0 Å². The number of halogens is 2. The summed E-state index contributed by atoms with van der Waals surface area (Å²) in [5.41, 5.74) is 5.22. The van der Waals surface area contributed by atoms with E-state index < -0.39 is 0 Å². The number of ether oxygens (including phenoxy) is 2. The molecule has 0 atom stereocenters. The largest absolute Gasteiger partial charge is 0.496 e. The number of nitrogens with one attached hydrogen (secondary N) is 1. The Labute approximate surface area is 199 Å². The van der Waals surface area contributed by atoms with E-state index >= 15 is 0 Å². The van der Waals surface area contributed by atoms with Crippen LogP contribution in [0.3, 0.4) is 0 Å². The monoisotopic (exact) mass is 515 g/mol. The molecular formula is C25H23BrFNO3S. The highest BCUT2D eigenvalue weighted by molar-refractivity contribution is 9.10. The maximum Gasteiger partial charge on any atom is 0.348 e. The molecule has 32 heavy (non-hydrogen) atoms. The van der Waals surface area contributed by atoms with Crippen LogP contribution in [0.25, 0.3) is 16.7 Å². The summed E-state index contributed by atoms with van der Waals surface area (Å²) in [4.78, 5) is 13.2. The Morgan fingerprint density at radius 2 is 1.94 bits per heavy atom. The van der Waals surface area contributed by atoms with E-state index in [1.165, 1.54) is 30.6 Å². The molecule has 1 aromatic heterocycles. The maximum atomic E-state index is 13.8. The lowest BCUT2D eigenvalue weighted by Crippen LogP contribution is -2.32. The van der Waals surface area contributed by atoms with Crippen LogP contribution >= 0.6 is 27.3 Å². The number of fused-ring (bicyclic) bond motifs is 1. The highest BCUT2D eigenvalue weighted by Gasteiger charge is 2.27. The summed E-state index contributed by atoms with van der Waals surface area (Å²) in [6.45, 7) is 6.32. The van der Waals surface area contributed by atoms with E-state index in [4.69, 9.17) is 9.47 Å². The second-order valence-electron chi connectivity index (χ2n) is 8.24. The fourth-order valence-corrected chi connectivity index (χ4v) is 5.44. The Kier molecular flexibility index (Phi) is 6.14. The Hall–Kier alpha value is -2.64. The first-order chi connectivity index (χ1) is 15.2. The number of esters is 1. The molecule has 4 nitrogen and oxygen atoms in total. The van der Waals surface area contributed by atoms with Crippen LogP contribution < -0.4 is 10.1 Å². The Morgan fingerprint density at radius 1 is 1.19 bits per heavy atom. The molecule has 0 saturated carbocycles. The van der Waals surface area contributed by atoms with Crippen molar-refractivity contribution in [3.63, 3.8) is 0 Å². The zero-order valence-corrected chi connectivity index (χ0v) is 20.6. The fourth-order valence-electron chi connectivity index (χ4n) is 4.12. The Balaban J connectivity index is 1.82. The minimum absolute atomic E-state index is 0.0701. The van der Waals surface area contributed by atoms with Gasteiger partial charge < -0.3 is 14.8 Å². The number of benzene rings is 2. The van der Waals surface area contributed by atoms with Gasteiger partial charge in [-0.25, -0.2) is 9.18 Å². The van der Waals surface area contributed by atoms with Gasteiger partial charge in [-0.1, -0.05) is 12.1 Å². The topological polar surface area (TPSA) is 47.6 Å². The number of hydrogen-bond acceptors (Lipinski definition) is 5. The smallest absolute Gasteiger partial charge is 0.348 e. The predicted molar refractivity (Wildman–Crippen MR) is 131 cm³/mol. The molecule has 2 aromatic carbocycles. The quantitative estimate of drug-likeness (QED) is 0.362. The molecule has 0 aliphatic carbocycles. The van der Waals surface area contributed by atoms with E-state index in [0.717, 1.165) is 38.0 Å². The zero-order chi connectivity index (χ0) is 23.0. The summed E-state index contributed by atoms with van der Waals surface area (Å²) in [6, 6.07) is 10.2. The van der Waals surface area contributed by atoms with Gasteiger partial charge in [-0.15, -0.1) is 11.3 Å². The van der Waals surface area contributed by atoms with Gasteiger partial charge in [-0.2, -0.15) is 0 Å². The third kappa shape index (κ3) is 4.45. The average Bonchev–Trinajstić information content (AvgIpc) is 3.17. The standard InChI is InChI=1S/C25H23BrFNO3S/c1-14-11-25(2,3)28-20-8-7-17(18-6-5-16(27)10-21(18)30-4)19(23(14)20)12-31-24(29)22-9-15(26)13-32-22/h5-11,13,28H,12H2,1-4H3. The van der Waals surface area contributed by atoms with Crippen LogP contribution in [0.1, 0.15) is 41.6 Å². The molecular weight excluding hydrogens is 493 g/mol. The van der Waals surface area contributed by atoms with Gasteiger partial charge in [-0.3, -0.25) is 0 Å². The van der Waals surface area contributed by atoms with E-state index in [1.807, 2.05) is 17.5 Å². The van der Waals surface area contributed by atoms with Gasteiger partial charge in [0.2, 0.25) is 0 Å². The van der Waals surface area contributed by atoms with Gasteiger partial charge in [0.1, 0.15) is 23.1 Å². The van der Waals surface area contributed by atoms with Crippen molar-refractivity contribution in [2.75, 3.05) is 12.4 Å². The van der Waals surface area contributed by atoms with E-state index in [9.17, 15) is 9.18 Å². The average molecular weight is 516 g/mol. The van der Waals surface area contributed by atoms with Crippen molar-refractivity contribution in [2.45, 2.75) is 32.9 Å². The number of anilines is 1. The third-order valence-corrected chi connectivity index (χ3v) is 6.98. The molecule has 1 aliphatic rings. The summed E-state index contributed by atoms with van der Waals surface area (Å²) in [7, 11) is 1.51. The van der Waals surface area contributed by atoms with Crippen LogP contribution in [-0.4, -0.2) is 18.6 Å². The van der Waals surface area contributed by atoms with E-state index in [2.05, 4.69) is 48.1 Å². The van der Waals surface area contributed by atoms with Crippen molar-refractivity contribution < 1.29 is 18.7 Å². The van der Waals surface area contributed by atoms with Crippen LogP contribution in [0, 0.1) is 5.82 Å². The number of methoxy groups -OCH3 is 1. The third-order valence-electron chi connectivity index (χ3n) is 5.31. The number of hydrogen-bond donors (Lipinski definition) is 1. The van der Waals surface area contributed by atoms with Crippen molar-refractivity contribution in [3.8, 4) is 16.9 Å². The van der Waals surface area contributed by atoms with Gasteiger partial charge in [0.05, 0.1) is 12.6 Å². The Bertz CT molecular complexity index is 1230. The molecule has 4 rings (SSSR count). The molecule has 0 bridgehead atoms. The Morgan fingerprint density at radius 3 is 2.62 bits per heavy atom. The first-order valence-electron chi connectivity index (χ1n) is 10.1. The summed E-state index contributed by atoms with van der Waals surface area (Å²) in [5, 5.41) is 5.38. The van der Waals surface area contributed by atoms with Gasteiger partial charge in [0.15, 0.2) is 0 Å². The SMILES string of the molecule is COc1cc(F)ccc1-c1ccc2c(c1COC(=O)c1cc(Br)cs1)C(C)=CC(C)(C)N2. The van der Waals surface area contributed by atoms with Crippen LogP contribution in [0.15, 0.2) is 52.3 Å². The minimum atomic E-state index is -0.388. The number of carbonyl (C=O) groups excluding carboxylic acids is 1. The number of thiophene rings is 1. The van der Waals surface area contributed by atoms with Gasteiger partial charge in [0.25, 0.3) is 0 Å². The van der Waals surface area contributed by atoms with Crippen molar-refractivity contribution in [1.29, 1.82) is 0 Å². The molecule has 1 N–H and O–H groups in total. The van der Waals surface area contributed by atoms with Crippen molar-refractivity contribution >= 4 is 44.5 Å². The van der Waals surface area contributed by atoms with E-state index in [1.54, 1.807) is 12.1 Å². The molecule has 3 aromatic rings. The lowest BCUT2D eigenvalue weighted by molar-refractivity contribution is 0.0479. The molecule has 0 radical (unpaired) electrons. The first kappa shape index (κ1) is 22.6. The highest BCUT2D eigenvalue weighted by Crippen LogP contribution is 2.42. The molecule has 2 heterocycles. The fraction of sp³-hybridized carbons (Fsp3) is 0.240. The van der Waals surface area contributed by atoms with Gasteiger partial charge in [-0.05, 0) is 72.1 Å². The summed E-state index contributed by atoms with van der Waals surface area (Å²) < 4.78 is 25.9. The van der Waals surface area contributed by atoms with Gasteiger partial charge in [0, 0.05) is 38.3 Å². The zero-order valence-electron chi connectivity index (χ0n) is 18.2. The normalized spacial score (nSPS) is 14.2. The molecule has 7 heteroatoms. The molecule has 0 unspecified atom stereocenters. The van der Waals surface area contributed by atoms with E-state index in [-0.39, 0.29) is 23.9 Å². The second-order valence-corrected chi connectivity index (χ2v) is 10.1. The van der Waals surface area contributed by atoms with Gasteiger partial charge >= 0.3 is 5.97 Å². The van der Waals surface area contributed by atoms with Crippen LogP contribution in [-0.2, 0) is 11.3 Å². The molecule has 166 valence electrons. The summed E-state index contributed by atoms with van der Waals surface area (Å²) >= 11 is 4.69. The number of carbonyl (C=O) groups is 1. The molecule has 0 amide bonds. The van der Waals surface area contributed by atoms with E-state index in [0.29, 0.717) is 10.6 Å². The molecule has 0 saturated heterocycles. The second kappa shape index (κ2) is 8.71. The minimum Gasteiger partial charge on any atom is -0.496 e. The first-order valence-corrected chi connectivity index (χ1v) is 11.7. The van der Waals surface area contributed by atoms with Crippen molar-refractivity contribution in [2.24, 2.45) is 0 Å². The van der Waals surface area contributed by atoms with Crippen LogP contribution in [0.5, 0.6) is 5.75 Å². The molecule has 0 fully saturated rings. The molecule has 1 aliphatic heterocycles. The van der Waals surface area contributed by atoms with Crippen molar-refractivity contribution in [3.05, 3.63) is 74.1 Å². The lowest BCUT2D eigenvalue weighted by Gasteiger charge is -2.33. The number of allylic oxidation sites excluding steroid dienone is 1. The summed E-state index contributed by atoms with van der Waals surface area (Å²) in [5.74, 6) is -0.342.